The van der Waals surface area contributed by atoms with Crippen molar-refractivity contribution in [2.75, 3.05) is 18.9 Å². The predicted octanol–water partition coefficient (Wildman–Crippen LogP) is 4.87. The number of anilines is 1. The van der Waals surface area contributed by atoms with Crippen molar-refractivity contribution < 1.29 is 9.53 Å². The van der Waals surface area contributed by atoms with Crippen LogP contribution < -0.4 is 10.5 Å². The number of aromatic amines is 1. The maximum Gasteiger partial charge on any atom is 0.247 e. The number of fused-ring (bicyclic) bond motifs is 4. The van der Waals surface area contributed by atoms with Crippen LogP contribution >= 0.6 is 0 Å². The number of rotatable bonds is 3. The smallest absolute Gasteiger partial charge is 0.247 e. The van der Waals surface area contributed by atoms with Gasteiger partial charge in [-0.05, 0) is 65.1 Å². The van der Waals surface area contributed by atoms with Crippen molar-refractivity contribution in [1.82, 2.24) is 9.88 Å². The molecular weight excluding hydrogens is 410 g/mol. The Hall–Kier alpha value is -3.99. The van der Waals surface area contributed by atoms with Crippen LogP contribution in [0, 0.1) is 0 Å². The molecule has 0 fully saturated rings. The molecule has 0 aliphatic carbocycles. The molecule has 4 aromatic rings. The number of H-pyrrole nitrogens is 1. The number of benzene rings is 3. The number of carbonyl (C=O) groups is 1. The first-order chi connectivity index (χ1) is 16.2. The molecule has 1 atom stereocenters. The standard InChI is InChI=1S/C28H25N3O2/c29-21-9-5-18(6-10-21)7-12-26(32)31-15-13-23-22-3-1-2-4-24(22)30-27(23)28(31)20-8-11-25-19(17-20)14-16-33-25/h1-12,17,28,30H,13-16,29H2/b12-7+/t28-/m1/s1. The van der Waals surface area contributed by atoms with Gasteiger partial charge in [-0.15, -0.1) is 0 Å². The lowest BCUT2D eigenvalue weighted by atomic mass is 9.91. The molecule has 0 unspecified atom stereocenters. The van der Waals surface area contributed by atoms with Crippen molar-refractivity contribution in [2.24, 2.45) is 0 Å². The zero-order chi connectivity index (χ0) is 22.4. The van der Waals surface area contributed by atoms with Gasteiger partial charge in [0.1, 0.15) is 5.75 Å². The molecular formula is C28H25N3O2. The van der Waals surface area contributed by atoms with Crippen molar-refractivity contribution in [3.63, 3.8) is 0 Å². The number of hydrogen-bond donors (Lipinski definition) is 2. The summed E-state index contributed by atoms with van der Waals surface area (Å²) in [7, 11) is 0. The molecule has 0 bridgehead atoms. The maximum absolute atomic E-state index is 13.5. The van der Waals surface area contributed by atoms with Gasteiger partial charge in [0.15, 0.2) is 0 Å². The second kappa shape index (κ2) is 7.85. The average Bonchev–Trinajstić information content (AvgIpc) is 3.46. The number of para-hydroxylation sites is 1. The Balaban J connectivity index is 1.42. The van der Waals surface area contributed by atoms with Crippen LogP contribution in [0.3, 0.4) is 0 Å². The van der Waals surface area contributed by atoms with Crippen LogP contribution in [0.2, 0.25) is 0 Å². The number of ether oxygens (including phenoxy) is 1. The number of nitrogens with one attached hydrogen (secondary N) is 1. The van der Waals surface area contributed by atoms with E-state index < -0.39 is 0 Å². The van der Waals surface area contributed by atoms with Crippen molar-refractivity contribution >= 4 is 28.6 Å². The molecule has 5 nitrogen and oxygen atoms in total. The first kappa shape index (κ1) is 19.7. The second-order valence-corrected chi connectivity index (χ2v) is 8.71. The van der Waals surface area contributed by atoms with Crippen molar-refractivity contribution in [3.8, 4) is 5.75 Å². The molecule has 0 spiro atoms. The highest BCUT2D eigenvalue weighted by atomic mass is 16.5. The Morgan fingerprint density at radius 1 is 1.06 bits per heavy atom. The van der Waals surface area contributed by atoms with E-state index in [4.69, 9.17) is 10.5 Å². The highest BCUT2D eigenvalue weighted by Gasteiger charge is 2.34. The van der Waals surface area contributed by atoms with Gasteiger partial charge in [-0.25, -0.2) is 0 Å². The van der Waals surface area contributed by atoms with Crippen LogP contribution in [0.1, 0.15) is 34.0 Å². The minimum Gasteiger partial charge on any atom is -0.493 e. The number of nitrogens with zero attached hydrogens (tertiary/aromatic N) is 1. The van der Waals surface area contributed by atoms with E-state index >= 15 is 0 Å². The maximum atomic E-state index is 13.5. The Kier molecular flexibility index (Phi) is 4.68. The van der Waals surface area contributed by atoms with Crippen molar-refractivity contribution in [1.29, 1.82) is 0 Å². The zero-order valence-electron chi connectivity index (χ0n) is 18.3. The SMILES string of the molecule is Nc1ccc(/C=C/C(=O)N2CCc3c([nH]c4ccccc34)[C@H]2c2ccc3c(c2)CCO3)cc1. The van der Waals surface area contributed by atoms with Gasteiger partial charge in [0, 0.05) is 41.3 Å². The van der Waals surface area contributed by atoms with Gasteiger partial charge >= 0.3 is 0 Å². The molecule has 0 saturated carbocycles. The zero-order valence-corrected chi connectivity index (χ0v) is 18.3. The van der Waals surface area contributed by atoms with Crippen LogP contribution in [0.5, 0.6) is 5.75 Å². The number of carbonyl (C=O) groups excluding carboxylic acids is 1. The molecule has 33 heavy (non-hydrogen) atoms. The van der Waals surface area contributed by atoms with E-state index in [0.717, 1.165) is 40.9 Å². The minimum atomic E-state index is -0.171. The molecule has 0 radical (unpaired) electrons. The molecule has 3 heterocycles. The number of nitrogens with two attached hydrogens (primary N) is 1. The molecule has 164 valence electrons. The molecule has 0 saturated heterocycles. The Morgan fingerprint density at radius 3 is 2.79 bits per heavy atom. The van der Waals surface area contributed by atoms with Gasteiger partial charge in [0.2, 0.25) is 5.91 Å². The summed E-state index contributed by atoms with van der Waals surface area (Å²) in [5.74, 6) is 0.949. The van der Waals surface area contributed by atoms with E-state index in [1.54, 1.807) is 6.08 Å². The number of hydrogen-bond acceptors (Lipinski definition) is 3. The van der Waals surface area contributed by atoms with Crippen molar-refractivity contribution in [2.45, 2.75) is 18.9 Å². The minimum absolute atomic E-state index is 0.00196. The summed E-state index contributed by atoms with van der Waals surface area (Å²) in [5, 5.41) is 1.24. The first-order valence-electron chi connectivity index (χ1n) is 11.4. The third-order valence-electron chi connectivity index (χ3n) is 6.70. The van der Waals surface area contributed by atoms with Gasteiger partial charge in [0.25, 0.3) is 0 Å². The van der Waals surface area contributed by atoms with Crippen molar-refractivity contribution in [3.05, 3.63) is 101 Å². The molecule has 3 N–H and O–H groups in total. The second-order valence-electron chi connectivity index (χ2n) is 8.71. The first-order valence-corrected chi connectivity index (χ1v) is 11.4. The molecule has 1 aromatic heterocycles. The van der Waals surface area contributed by atoms with E-state index in [1.807, 2.05) is 47.4 Å². The molecule has 6 rings (SSSR count). The fourth-order valence-corrected chi connectivity index (χ4v) is 5.07. The van der Waals surface area contributed by atoms with Gasteiger partial charge in [-0.3, -0.25) is 4.79 Å². The van der Waals surface area contributed by atoms with Gasteiger partial charge in [-0.1, -0.05) is 36.4 Å². The normalized spacial score (nSPS) is 17.2. The van der Waals surface area contributed by atoms with E-state index in [9.17, 15) is 4.79 Å². The number of aromatic nitrogens is 1. The van der Waals surface area contributed by atoms with Crippen LogP contribution in [0.25, 0.3) is 17.0 Å². The van der Waals surface area contributed by atoms with Gasteiger partial charge in [-0.2, -0.15) is 0 Å². The number of nitrogen functional groups attached to an aromatic ring is 1. The van der Waals surface area contributed by atoms with E-state index in [2.05, 4.69) is 35.3 Å². The van der Waals surface area contributed by atoms with Gasteiger partial charge in [0.05, 0.1) is 12.6 Å². The van der Waals surface area contributed by atoms with Crippen LogP contribution in [0.15, 0.2) is 72.8 Å². The topological polar surface area (TPSA) is 71.4 Å². The quantitative estimate of drug-likeness (QED) is 0.356. The highest BCUT2D eigenvalue weighted by Crippen LogP contribution is 2.40. The summed E-state index contributed by atoms with van der Waals surface area (Å²) in [6, 6.07) is 22.1. The lowest BCUT2D eigenvalue weighted by Crippen LogP contribution is -2.39. The van der Waals surface area contributed by atoms with Crippen LogP contribution in [0.4, 0.5) is 5.69 Å². The van der Waals surface area contributed by atoms with Crippen LogP contribution in [-0.4, -0.2) is 28.9 Å². The van der Waals surface area contributed by atoms with Gasteiger partial charge < -0.3 is 20.4 Å². The molecule has 5 heteroatoms. The largest absolute Gasteiger partial charge is 0.493 e. The summed E-state index contributed by atoms with van der Waals surface area (Å²) in [6.07, 6.45) is 5.25. The molecule has 1 amide bonds. The summed E-state index contributed by atoms with van der Waals surface area (Å²) in [6.45, 7) is 1.38. The summed E-state index contributed by atoms with van der Waals surface area (Å²) >= 11 is 0. The molecule has 2 aliphatic rings. The lowest BCUT2D eigenvalue weighted by molar-refractivity contribution is -0.128. The Labute approximate surface area is 192 Å². The monoisotopic (exact) mass is 435 g/mol. The molecule has 2 aliphatic heterocycles. The predicted molar refractivity (Wildman–Crippen MR) is 131 cm³/mol. The summed E-state index contributed by atoms with van der Waals surface area (Å²) < 4.78 is 5.72. The van der Waals surface area contributed by atoms with E-state index in [0.29, 0.717) is 18.8 Å². The summed E-state index contributed by atoms with van der Waals surface area (Å²) in [5.41, 5.74) is 13.3. The third-order valence-corrected chi connectivity index (χ3v) is 6.70. The molecule has 3 aromatic carbocycles. The average molecular weight is 436 g/mol. The highest BCUT2D eigenvalue weighted by molar-refractivity contribution is 5.93. The Bertz CT molecular complexity index is 1380. The Morgan fingerprint density at radius 2 is 1.91 bits per heavy atom. The fraction of sp³-hybridized carbons (Fsp3) is 0.179. The van der Waals surface area contributed by atoms with Crippen LogP contribution in [-0.2, 0) is 17.6 Å². The third kappa shape index (κ3) is 3.46. The van der Waals surface area contributed by atoms with E-state index in [-0.39, 0.29) is 11.9 Å². The lowest BCUT2D eigenvalue weighted by Gasteiger charge is -2.36. The fourth-order valence-electron chi connectivity index (χ4n) is 5.07. The summed E-state index contributed by atoms with van der Waals surface area (Å²) in [4.78, 5) is 19.1. The van der Waals surface area contributed by atoms with E-state index in [1.165, 1.54) is 16.5 Å². The number of amides is 1.